The van der Waals surface area contributed by atoms with E-state index in [9.17, 15) is 9.59 Å². The largest absolute Gasteiger partial charge is 0.324 e. The van der Waals surface area contributed by atoms with Gasteiger partial charge >= 0.3 is 0 Å². The topological polar surface area (TPSA) is 64.0 Å². The molecule has 4 rings (SSSR count). The van der Waals surface area contributed by atoms with Crippen LogP contribution in [0.5, 0.6) is 0 Å². The number of amides is 1. The number of hydrogen-bond acceptors (Lipinski definition) is 5. The molecule has 0 radical (unpaired) electrons. The fourth-order valence-corrected chi connectivity index (χ4v) is 4.83. The Morgan fingerprint density at radius 2 is 1.93 bits per heavy atom. The fraction of sp³-hybridized carbons (Fsp3) is 0.0952. The van der Waals surface area contributed by atoms with Crippen LogP contribution in [0.2, 0.25) is 10.0 Å². The van der Waals surface area contributed by atoms with E-state index < -0.39 is 0 Å². The van der Waals surface area contributed by atoms with E-state index in [1.54, 1.807) is 42.5 Å². The predicted octanol–water partition coefficient (Wildman–Crippen LogP) is 5.79. The lowest BCUT2D eigenvalue weighted by Gasteiger charge is -2.12. The number of carbonyl (C=O) groups is 1. The lowest BCUT2D eigenvalue weighted by atomic mass is 10.2. The smallest absolute Gasteiger partial charge is 0.276 e. The van der Waals surface area contributed by atoms with Gasteiger partial charge in [0.05, 0.1) is 27.7 Å². The van der Waals surface area contributed by atoms with Crippen molar-refractivity contribution in [2.24, 2.45) is 0 Å². The highest BCUT2D eigenvalue weighted by atomic mass is 35.5. The lowest BCUT2D eigenvalue weighted by Crippen LogP contribution is -2.22. The number of benzene rings is 2. The molecule has 0 bridgehead atoms. The van der Waals surface area contributed by atoms with Crippen molar-refractivity contribution in [1.82, 2.24) is 9.55 Å². The summed E-state index contributed by atoms with van der Waals surface area (Å²) in [5, 5.41) is 6.10. The van der Waals surface area contributed by atoms with Crippen LogP contribution >= 0.6 is 46.3 Å². The van der Waals surface area contributed by atoms with E-state index in [4.69, 9.17) is 23.2 Å². The van der Waals surface area contributed by atoms with E-state index in [0.29, 0.717) is 36.8 Å². The maximum atomic E-state index is 13.1. The number of halogens is 2. The lowest BCUT2D eigenvalue weighted by molar-refractivity contribution is -0.113. The van der Waals surface area contributed by atoms with E-state index in [1.165, 1.54) is 27.7 Å². The third kappa shape index (κ3) is 4.39. The normalized spacial score (nSPS) is 11.0. The molecule has 0 aliphatic carbocycles. The first kappa shape index (κ1) is 20.9. The van der Waals surface area contributed by atoms with Crippen LogP contribution in [-0.4, -0.2) is 21.2 Å². The molecule has 2 heterocycles. The SMILES string of the molecule is Cc1ccc(NC(=O)CSc2nc3ccsc3c(=O)n2-c2ccc(Cl)cc2)c(Cl)c1. The predicted molar refractivity (Wildman–Crippen MR) is 126 cm³/mol. The van der Waals surface area contributed by atoms with Gasteiger partial charge in [-0.15, -0.1) is 11.3 Å². The maximum absolute atomic E-state index is 13.1. The van der Waals surface area contributed by atoms with Crippen molar-refractivity contribution in [3.63, 3.8) is 0 Å². The number of nitrogens with one attached hydrogen (secondary N) is 1. The molecule has 0 saturated heterocycles. The minimum Gasteiger partial charge on any atom is -0.324 e. The number of thioether (sulfide) groups is 1. The van der Waals surface area contributed by atoms with Crippen molar-refractivity contribution >= 4 is 68.1 Å². The number of rotatable bonds is 5. The highest BCUT2D eigenvalue weighted by Gasteiger charge is 2.16. The Bertz CT molecular complexity index is 1300. The average Bonchev–Trinajstić information content (AvgIpc) is 3.19. The molecule has 0 spiro atoms. The minimum absolute atomic E-state index is 0.0693. The Hall–Kier alpha value is -2.32. The summed E-state index contributed by atoms with van der Waals surface area (Å²) >= 11 is 14.7. The number of nitrogens with zero attached hydrogens (tertiary/aromatic N) is 2. The molecule has 0 aliphatic heterocycles. The first-order chi connectivity index (χ1) is 14.4. The van der Waals surface area contributed by atoms with E-state index in [0.717, 1.165) is 5.56 Å². The van der Waals surface area contributed by atoms with Crippen LogP contribution in [0.15, 0.2) is 63.9 Å². The quantitative estimate of drug-likeness (QED) is 0.292. The van der Waals surface area contributed by atoms with Crippen LogP contribution in [0, 0.1) is 6.92 Å². The monoisotopic (exact) mass is 475 g/mol. The van der Waals surface area contributed by atoms with Gasteiger partial charge in [0.25, 0.3) is 5.56 Å². The van der Waals surface area contributed by atoms with E-state index in [-0.39, 0.29) is 17.2 Å². The molecule has 1 amide bonds. The summed E-state index contributed by atoms with van der Waals surface area (Å²) in [7, 11) is 0. The molecule has 0 unspecified atom stereocenters. The number of aromatic nitrogens is 2. The summed E-state index contributed by atoms with van der Waals surface area (Å²) in [6, 6.07) is 14.1. The molecule has 0 fully saturated rings. The van der Waals surface area contributed by atoms with Crippen molar-refractivity contribution < 1.29 is 4.79 Å². The third-order valence-corrected chi connectivity index (χ3v) is 6.66. The van der Waals surface area contributed by atoms with Gasteiger partial charge in [-0.1, -0.05) is 41.0 Å². The summed E-state index contributed by atoms with van der Waals surface area (Å²) in [5.74, 6) is -0.173. The Morgan fingerprint density at radius 1 is 1.17 bits per heavy atom. The zero-order valence-corrected chi connectivity index (χ0v) is 18.8. The molecular weight excluding hydrogens is 461 g/mol. The summed E-state index contributed by atoms with van der Waals surface area (Å²) in [6.45, 7) is 1.93. The van der Waals surface area contributed by atoms with Crippen LogP contribution in [0.1, 0.15) is 5.56 Å². The highest BCUT2D eigenvalue weighted by molar-refractivity contribution is 7.99. The second-order valence-corrected chi connectivity index (χ2v) is 9.17. The van der Waals surface area contributed by atoms with Crippen molar-refractivity contribution in [1.29, 1.82) is 0 Å². The van der Waals surface area contributed by atoms with Gasteiger partial charge in [-0.3, -0.25) is 14.2 Å². The van der Waals surface area contributed by atoms with Gasteiger partial charge in [-0.25, -0.2) is 4.98 Å². The average molecular weight is 476 g/mol. The second kappa shape index (κ2) is 8.81. The van der Waals surface area contributed by atoms with Gasteiger partial charge < -0.3 is 5.32 Å². The summed E-state index contributed by atoms with van der Waals surface area (Å²) in [4.78, 5) is 30.2. The molecule has 30 heavy (non-hydrogen) atoms. The molecule has 0 aliphatic rings. The van der Waals surface area contributed by atoms with Gasteiger partial charge in [0, 0.05) is 5.02 Å². The van der Waals surface area contributed by atoms with Crippen molar-refractivity contribution in [2.45, 2.75) is 12.1 Å². The molecular formula is C21H15Cl2N3O2S2. The molecule has 152 valence electrons. The summed E-state index contributed by atoms with van der Waals surface area (Å²) in [5.41, 5.74) is 2.62. The van der Waals surface area contributed by atoms with Crippen LogP contribution < -0.4 is 10.9 Å². The van der Waals surface area contributed by atoms with Gasteiger partial charge in [0.2, 0.25) is 5.91 Å². The van der Waals surface area contributed by atoms with E-state index in [2.05, 4.69) is 10.3 Å². The van der Waals surface area contributed by atoms with E-state index in [1.807, 2.05) is 18.4 Å². The number of thiophene rings is 1. The molecule has 0 atom stereocenters. The molecule has 0 saturated carbocycles. The Balaban J connectivity index is 1.63. The minimum atomic E-state index is -0.243. The summed E-state index contributed by atoms with van der Waals surface area (Å²) < 4.78 is 2.07. The molecule has 2 aromatic heterocycles. The van der Waals surface area contributed by atoms with Gasteiger partial charge in [-0.2, -0.15) is 0 Å². The van der Waals surface area contributed by atoms with E-state index >= 15 is 0 Å². The Kier molecular flexibility index (Phi) is 6.15. The third-order valence-electron chi connectivity index (χ3n) is 4.27. The fourth-order valence-electron chi connectivity index (χ4n) is 2.84. The van der Waals surface area contributed by atoms with Gasteiger partial charge in [-0.05, 0) is 60.3 Å². The van der Waals surface area contributed by atoms with Crippen LogP contribution in [0.3, 0.4) is 0 Å². The molecule has 1 N–H and O–H groups in total. The van der Waals surface area contributed by atoms with Crippen LogP contribution in [-0.2, 0) is 4.79 Å². The van der Waals surface area contributed by atoms with Crippen molar-refractivity contribution in [3.05, 3.63) is 79.9 Å². The standard InChI is InChI=1S/C21H15Cl2N3O2S2/c1-12-2-7-16(15(23)10-12)24-18(27)11-30-21-25-17-8-9-29-19(17)20(28)26(21)14-5-3-13(22)4-6-14/h2-10H,11H2,1H3,(H,24,27). The molecule has 4 aromatic rings. The Morgan fingerprint density at radius 3 is 2.67 bits per heavy atom. The maximum Gasteiger partial charge on any atom is 0.276 e. The van der Waals surface area contributed by atoms with Crippen molar-refractivity contribution in [3.8, 4) is 5.69 Å². The zero-order valence-electron chi connectivity index (χ0n) is 15.7. The highest BCUT2D eigenvalue weighted by Crippen LogP contribution is 2.26. The van der Waals surface area contributed by atoms with Crippen LogP contribution in [0.4, 0.5) is 5.69 Å². The molecule has 2 aromatic carbocycles. The number of aryl methyl sites for hydroxylation is 1. The van der Waals surface area contributed by atoms with Crippen molar-refractivity contribution in [2.75, 3.05) is 11.1 Å². The first-order valence-electron chi connectivity index (χ1n) is 8.87. The van der Waals surface area contributed by atoms with Gasteiger partial charge in [0.15, 0.2) is 5.16 Å². The molecule has 5 nitrogen and oxygen atoms in total. The zero-order chi connectivity index (χ0) is 21.3. The molecule has 9 heteroatoms. The number of anilines is 1. The number of fused-ring (bicyclic) bond motifs is 1. The van der Waals surface area contributed by atoms with Crippen LogP contribution in [0.25, 0.3) is 15.9 Å². The number of hydrogen-bond donors (Lipinski definition) is 1. The number of carbonyl (C=O) groups excluding carboxylic acids is 1. The Labute approximate surface area is 190 Å². The second-order valence-electron chi connectivity index (χ2n) is 6.47. The first-order valence-corrected chi connectivity index (χ1v) is 11.5. The van der Waals surface area contributed by atoms with Gasteiger partial charge in [0.1, 0.15) is 4.70 Å². The summed E-state index contributed by atoms with van der Waals surface area (Å²) in [6.07, 6.45) is 0.